The molecule has 0 saturated carbocycles. The number of hydrogen-bond donors (Lipinski definition) is 3. The highest BCUT2D eigenvalue weighted by Gasteiger charge is 2.07. The number of carbonyl (C=O) groups is 2. The van der Waals surface area contributed by atoms with E-state index in [2.05, 4.69) is 10.6 Å². The van der Waals surface area contributed by atoms with Crippen LogP contribution in [0.1, 0.15) is 20.3 Å². The van der Waals surface area contributed by atoms with Crippen LogP contribution < -0.4 is 10.6 Å². The third kappa shape index (κ3) is 9.55. The van der Waals surface area contributed by atoms with Crippen LogP contribution in [0.4, 0.5) is 4.79 Å². The fourth-order valence-corrected chi connectivity index (χ4v) is 1.53. The van der Waals surface area contributed by atoms with Crippen molar-refractivity contribution in [3.8, 4) is 0 Å². The molecule has 0 bridgehead atoms. The third-order valence-electron chi connectivity index (χ3n) is 1.35. The first-order chi connectivity index (χ1) is 7.06. The molecule has 0 unspecified atom stereocenters. The average Bonchev–Trinajstić information content (AvgIpc) is 2.10. The first-order valence-corrected chi connectivity index (χ1v) is 6.00. The van der Waals surface area contributed by atoms with Crippen LogP contribution in [0.2, 0.25) is 0 Å². The average molecular weight is 234 g/mol. The molecule has 0 spiro atoms. The van der Waals surface area contributed by atoms with Crippen molar-refractivity contribution in [2.75, 3.05) is 18.1 Å². The number of rotatable bonds is 6. The van der Waals surface area contributed by atoms with Crippen LogP contribution in [0, 0.1) is 0 Å². The van der Waals surface area contributed by atoms with Gasteiger partial charge in [0.15, 0.2) is 0 Å². The number of imide groups is 1. The molecule has 0 radical (unpaired) electrons. The van der Waals surface area contributed by atoms with Crippen LogP contribution in [0.15, 0.2) is 0 Å². The second-order valence-corrected chi connectivity index (χ2v) is 4.41. The molecule has 0 rings (SSSR count). The van der Waals surface area contributed by atoms with E-state index in [1.54, 1.807) is 0 Å². The largest absolute Gasteiger partial charge is 0.396 e. The quantitative estimate of drug-likeness (QED) is 0.579. The number of amides is 3. The highest BCUT2D eigenvalue weighted by atomic mass is 32.2. The standard InChI is InChI=1S/C9H18N2O3S/c1-7(2)10-9(14)11-8(13)6-15-5-3-4-12/h7,12H,3-6H2,1-2H3,(H2,10,11,13,14). The van der Waals surface area contributed by atoms with Crippen LogP contribution in [0.5, 0.6) is 0 Å². The molecular weight excluding hydrogens is 216 g/mol. The van der Waals surface area contributed by atoms with Gasteiger partial charge in [-0.3, -0.25) is 10.1 Å². The molecule has 0 aliphatic carbocycles. The number of carbonyl (C=O) groups excluding carboxylic acids is 2. The van der Waals surface area contributed by atoms with E-state index in [4.69, 9.17) is 5.11 Å². The van der Waals surface area contributed by atoms with Crippen molar-refractivity contribution in [3.63, 3.8) is 0 Å². The summed E-state index contributed by atoms with van der Waals surface area (Å²) in [5, 5.41) is 13.3. The molecule has 0 aromatic rings. The van der Waals surface area contributed by atoms with Gasteiger partial charge in [-0.25, -0.2) is 4.79 Å². The summed E-state index contributed by atoms with van der Waals surface area (Å²) in [5.41, 5.74) is 0. The predicted octanol–water partition coefficient (Wildman–Crippen LogP) is 0.336. The lowest BCUT2D eigenvalue weighted by Gasteiger charge is -2.08. The van der Waals surface area contributed by atoms with Crippen molar-refractivity contribution < 1.29 is 14.7 Å². The lowest BCUT2D eigenvalue weighted by atomic mass is 10.4. The van der Waals surface area contributed by atoms with Crippen molar-refractivity contribution in [2.45, 2.75) is 26.3 Å². The molecular formula is C9H18N2O3S. The minimum atomic E-state index is -0.460. The maximum absolute atomic E-state index is 11.1. The summed E-state index contributed by atoms with van der Waals surface area (Å²) in [4.78, 5) is 22.2. The first kappa shape index (κ1) is 14.2. The zero-order valence-corrected chi connectivity index (χ0v) is 9.89. The molecule has 0 saturated heterocycles. The predicted molar refractivity (Wildman–Crippen MR) is 60.8 cm³/mol. The van der Waals surface area contributed by atoms with Gasteiger partial charge in [0.2, 0.25) is 5.91 Å². The third-order valence-corrected chi connectivity index (χ3v) is 2.40. The van der Waals surface area contributed by atoms with Crippen LogP contribution >= 0.6 is 11.8 Å². The Kier molecular flexibility index (Phi) is 8.12. The van der Waals surface area contributed by atoms with E-state index < -0.39 is 6.03 Å². The van der Waals surface area contributed by atoms with Crippen molar-refractivity contribution >= 4 is 23.7 Å². The van der Waals surface area contributed by atoms with Crippen LogP contribution in [0.3, 0.4) is 0 Å². The number of urea groups is 1. The van der Waals surface area contributed by atoms with E-state index in [0.717, 1.165) is 5.75 Å². The van der Waals surface area contributed by atoms with Gasteiger partial charge in [0.25, 0.3) is 0 Å². The second-order valence-electron chi connectivity index (χ2n) is 3.31. The summed E-state index contributed by atoms with van der Waals surface area (Å²) >= 11 is 1.39. The van der Waals surface area contributed by atoms with Gasteiger partial charge in [-0.05, 0) is 26.0 Å². The van der Waals surface area contributed by atoms with Gasteiger partial charge < -0.3 is 10.4 Å². The minimum absolute atomic E-state index is 0.0137. The summed E-state index contributed by atoms with van der Waals surface area (Å²) in [6.07, 6.45) is 0.663. The Morgan fingerprint density at radius 2 is 2.07 bits per heavy atom. The van der Waals surface area contributed by atoms with Crippen LogP contribution in [0.25, 0.3) is 0 Å². The fraction of sp³-hybridized carbons (Fsp3) is 0.778. The van der Waals surface area contributed by atoms with Crippen molar-refractivity contribution in [1.29, 1.82) is 0 Å². The summed E-state index contributed by atoms with van der Waals surface area (Å²) in [6.45, 7) is 3.77. The van der Waals surface area contributed by atoms with Gasteiger partial charge in [-0.15, -0.1) is 0 Å². The molecule has 88 valence electrons. The maximum Gasteiger partial charge on any atom is 0.321 e. The van der Waals surface area contributed by atoms with Gasteiger partial charge >= 0.3 is 6.03 Å². The molecule has 0 aromatic carbocycles. The summed E-state index contributed by atoms with van der Waals surface area (Å²) in [6, 6.07) is -0.447. The lowest BCUT2D eigenvalue weighted by Crippen LogP contribution is -2.43. The second kappa shape index (κ2) is 8.55. The topological polar surface area (TPSA) is 78.4 Å². The summed E-state index contributed by atoms with van der Waals surface area (Å²) in [7, 11) is 0. The highest BCUT2D eigenvalue weighted by Crippen LogP contribution is 2.00. The zero-order valence-electron chi connectivity index (χ0n) is 9.08. The molecule has 0 aromatic heterocycles. The number of aliphatic hydroxyl groups excluding tert-OH is 1. The van der Waals surface area contributed by atoms with E-state index >= 15 is 0 Å². The molecule has 0 fully saturated rings. The van der Waals surface area contributed by atoms with E-state index in [1.165, 1.54) is 11.8 Å². The van der Waals surface area contributed by atoms with E-state index in [-0.39, 0.29) is 24.3 Å². The monoisotopic (exact) mass is 234 g/mol. The van der Waals surface area contributed by atoms with E-state index in [1.807, 2.05) is 13.8 Å². The van der Waals surface area contributed by atoms with Gasteiger partial charge in [-0.2, -0.15) is 11.8 Å². The Morgan fingerprint density at radius 1 is 1.40 bits per heavy atom. The van der Waals surface area contributed by atoms with Gasteiger partial charge in [0.05, 0.1) is 5.75 Å². The number of thioether (sulfide) groups is 1. The number of aliphatic hydroxyl groups is 1. The Labute approximate surface area is 94.0 Å². The molecule has 6 heteroatoms. The molecule has 3 amide bonds. The molecule has 5 nitrogen and oxygen atoms in total. The Hall–Kier alpha value is -0.750. The lowest BCUT2D eigenvalue weighted by molar-refractivity contribution is -0.117. The summed E-state index contributed by atoms with van der Waals surface area (Å²) in [5.74, 6) is 0.650. The van der Waals surface area contributed by atoms with Crippen LogP contribution in [-0.2, 0) is 4.79 Å². The number of hydrogen-bond acceptors (Lipinski definition) is 4. The maximum atomic E-state index is 11.1. The smallest absolute Gasteiger partial charge is 0.321 e. The molecule has 0 atom stereocenters. The highest BCUT2D eigenvalue weighted by molar-refractivity contribution is 7.99. The molecule has 0 aliphatic rings. The molecule has 15 heavy (non-hydrogen) atoms. The summed E-state index contributed by atoms with van der Waals surface area (Å²) < 4.78 is 0. The Morgan fingerprint density at radius 3 is 2.60 bits per heavy atom. The van der Waals surface area contributed by atoms with Crippen molar-refractivity contribution in [1.82, 2.24) is 10.6 Å². The van der Waals surface area contributed by atoms with E-state index in [9.17, 15) is 9.59 Å². The Bertz CT molecular complexity index is 210. The normalized spacial score (nSPS) is 10.1. The van der Waals surface area contributed by atoms with Gasteiger partial charge in [-0.1, -0.05) is 0 Å². The molecule has 3 N–H and O–H groups in total. The van der Waals surface area contributed by atoms with Gasteiger partial charge in [0, 0.05) is 12.6 Å². The van der Waals surface area contributed by atoms with Crippen molar-refractivity contribution in [3.05, 3.63) is 0 Å². The zero-order chi connectivity index (χ0) is 11.7. The Balaban J connectivity index is 3.51. The van der Waals surface area contributed by atoms with Crippen LogP contribution in [-0.4, -0.2) is 41.2 Å². The van der Waals surface area contributed by atoms with Crippen molar-refractivity contribution in [2.24, 2.45) is 0 Å². The van der Waals surface area contributed by atoms with Gasteiger partial charge in [0.1, 0.15) is 0 Å². The fourth-order valence-electron chi connectivity index (χ4n) is 0.792. The SMILES string of the molecule is CC(C)NC(=O)NC(=O)CSCCCO. The van der Waals surface area contributed by atoms with E-state index in [0.29, 0.717) is 6.42 Å². The number of nitrogens with one attached hydrogen (secondary N) is 2. The minimum Gasteiger partial charge on any atom is -0.396 e. The molecule has 0 heterocycles. The first-order valence-electron chi connectivity index (χ1n) is 4.85. The molecule has 0 aliphatic heterocycles.